The van der Waals surface area contributed by atoms with Gasteiger partial charge in [0.2, 0.25) is 5.91 Å². The largest absolute Gasteiger partial charge is 0.449 e. The molecule has 1 aliphatic heterocycles. The zero-order chi connectivity index (χ0) is 16.3. The molecule has 124 valence electrons. The second-order valence-corrected chi connectivity index (χ2v) is 7.28. The van der Waals surface area contributed by atoms with Gasteiger partial charge in [-0.05, 0) is 31.6 Å². The smallest absolute Gasteiger partial charge is 0.308 e. The highest BCUT2D eigenvalue weighted by molar-refractivity contribution is 6.50. The summed E-state index contributed by atoms with van der Waals surface area (Å²) in [7, 11) is 0. The Hall–Kier alpha value is -0.875. The first-order valence-corrected chi connectivity index (χ1v) is 8.64. The van der Waals surface area contributed by atoms with Gasteiger partial charge in [-0.15, -0.1) is 0 Å². The summed E-state index contributed by atoms with van der Waals surface area (Å²) in [5.41, 5.74) is 0. The molecule has 0 aromatic heterocycles. The number of carbonyl (C=O) groups excluding carboxylic acids is 2. The van der Waals surface area contributed by atoms with Gasteiger partial charge < -0.3 is 10.3 Å². The first kappa shape index (κ1) is 17.5. The van der Waals surface area contributed by atoms with Crippen molar-refractivity contribution in [2.45, 2.75) is 77.2 Å². The normalized spacial score (nSPS) is 23.0. The molecule has 2 fully saturated rings. The molecule has 0 radical (unpaired) electrons. The van der Waals surface area contributed by atoms with E-state index in [2.05, 4.69) is 24.1 Å². The molecule has 0 aromatic carbocycles. The van der Waals surface area contributed by atoms with Gasteiger partial charge in [-0.2, -0.15) is 0 Å². The van der Waals surface area contributed by atoms with Crippen LogP contribution in [0.3, 0.4) is 0 Å². The summed E-state index contributed by atoms with van der Waals surface area (Å²) < 4.78 is 0. The number of rotatable bonds is 9. The molecule has 1 saturated heterocycles. The van der Waals surface area contributed by atoms with Crippen molar-refractivity contribution < 1.29 is 14.6 Å². The van der Waals surface area contributed by atoms with Crippen molar-refractivity contribution in [2.75, 3.05) is 6.54 Å². The average molecular weight is 308 g/mol. The molecular weight excluding hydrogens is 279 g/mol. The van der Waals surface area contributed by atoms with Crippen molar-refractivity contribution in [3.8, 4) is 0 Å². The van der Waals surface area contributed by atoms with Crippen LogP contribution in [-0.2, 0) is 9.59 Å². The summed E-state index contributed by atoms with van der Waals surface area (Å²) in [6.07, 6.45) is 4.67. The third-order valence-corrected chi connectivity index (χ3v) is 4.70. The molecule has 22 heavy (non-hydrogen) atoms. The van der Waals surface area contributed by atoms with E-state index in [1.54, 1.807) is 6.82 Å². The lowest BCUT2D eigenvalue weighted by molar-refractivity contribution is -0.131. The van der Waals surface area contributed by atoms with Crippen LogP contribution in [0.1, 0.15) is 52.4 Å². The Morgan fingerprint density at radius 3 is 2.41 bits per heavy atom. The lowest BCUT2D eigenvalue weighted by atomic mass is 9.61. The molecule has 0 spiro atoms. The fourth-order valence-electron chi connectivity index (χ4n) is 3.16. The quantitative estimate of drug-likeness (QED) is 0.629. The molecule has 1 aliphatic carbocycles. The van der Waals surface area contributed by atoms with Gasteiger partial charge >= 0.3 is 6.92 Å². The number of nitrogens with one attached hydrogen (secondary N) is 1. The number of amides is 1. The van der Waals surface area contributed by atoms with E-state index < -0.39 is 6.92 Å². The SMILES string of the molecule is CB(O)[C@@H](CC(C)C)NC(=O)CCC(=O)[C@@H]1CCN1C1CC1. The fraction of sp³-hybridized carbons (Fsp3) is 0.875. The molecule has 2 aliphatic rings. The molecule has 5 nitrogen and oxygen atoms in total. The Balaban J connectivity index is 1.71. The van der Waals surface area contributed by atoms with E-state index in [4.69, 9.17) is 0 Å². The molecule has 0 unspecified atom stereocenters. The van der Waals surface area contributed by atoms with Crippen LogP contribution in [0.25, 0.3) is 0 Å². The van der Waals surface area contributed by atoms with Crippen LogP contribution in [0.5, 0.6) is 0 Å². The minimum atomic E-state index is -0.570. The van der Waals surface area contributed by atoms with Gasteiger partial charge in [0.05, 0.1) is 6.04 Å². The zero-order valence-electron chi connectivity index (χ0n) is 14.0. The number of nitrogens with zero attached hydrogens (tertiary/aromatic N) is 1. The van der Waals surface area contributed by atoms with Crippen molar-refractivity contribution in [3.63, 3.8) is 0 Å². The van der Waals surface area contributed by atoms with Gasteiger partial charge in [0.15, 0.2) is 5.78 Å². The van der Waals surface area contributed by atoms with Crippen LogP contribution in [0.15, 0.2) is 0 Å². The Morgan fingerprint density at radius 1 is 1.27 bits per heavy atom. The minimum absolute atomic E-state index is 0.0588. The third kappa shape index (κ3) is 4.81. The van der Waals surface area contributed by atoms with Crippen LogP contribution in [-0.4, -0.2) is 53.1 Å². The molecule has 1 heterocycles. The molecular formula is C16H29BN2O3. The molecule has 0 bridgehead atoms. The summed E-state index contributed by atoms with van der Waals surface area (Å²) in [5.74, 6) is 0.251. The maximum atomic E-state index is 12.2. The molecule has 1 amide bonds. The van der Waals surface area contributed by atoms with Crippen LogP contribution < -0.4 is 5.32 Å². The van der Waals surface area contributed by atoms with Crippen LogP contribution >= 0.6 is 0 Å². The predicted molar refractivity (Wildman–Crippen MR) is 87.6 cm³/mol. The number of ketones is 1. The Kier molecular flexibility index (Phi) is 6.04. The van der Waals surface area contributed by atoms with Crippen LogP contribution in [0.2, 0.25) is 6.82 Å². The molecule has 1 saturated carbocycles. The Labute approximate surface area is 133 Å². The lowest BCUT2D eigenvalue weighted by Crippen LogP contribution is -2.53. The van der Waals surface area contributed by atoms with Gasteiger partial charge in [-0.3, -0.25) is 14.5 Å². The maximum Gasteiger partial charge on any atom is 0.308 e. The van der Waals surface area contributed by atoms with Gasteiger partial charge in [0.25, 0.3) is 0 Å². The van der Waals surface area contributed by atoms with Crippen molar-refractivity contribution in [2.24, 2.45) is 5.92 Å². The van der Waals surface area contributed by atoms with Crippen molar-refractivity contribution in [1.29, 1.82) is 0 Å². The van der Waals surface area contributed by atoms with Crippen molar-refractivity contribution in [3.05, 3.63) is 0 Å². The van der Waals surface area contributed by atoms with E-state index in [1.165, 1.54) is 12.8 Å². The number of carbonyl (C=O) groups is 2. The standard InChI is InChI=1S/C16H29BN2O3/c1-11(2)10-15(17(3)22)18-16(21)7-6-14(20)13-8-9-19(13)12-4-5-12/h11-13,15,22H,4-10H2,1-3H3,(H,18,21)/t13-,15+/m0/s1. The lowest BCUT2D eigenvalue weighted by Gasteiger charge is -2.40. The summed E-state index contributed by atoms with van der Waals surface area (Å²) in [6, 6.07) is 0.686. The summed E-state index contributed by atoms with van der Waals surface area (Å²) in [6.45, 7) is 6.29. The molecule has 0 aromatic rings. The van der Waals surface area contributed by atoms with Gasteiger partial charge in [-0.25, -0.2) is 0 Å². The molecule has 6 heteroatoms. The first-order valence-electron chi connectivity index (χ1n) is 8.64. The van der Waals surface area contributed by atoms with Crippen LogP contribution in [0.4, 0.5) is 0 Å². The van der Waals surface area contributed by atoms with E-state index in [1.807, 2.05) is 0 Å². The Bertz CT molecular complexity index is 410. The van der Waals surface area contributed by atoms with E-state index in [-0.39, 0.29) is 30.1 Å². The monoisotopic (exact) mass is 308 g/mol. The van der Waals surface area contributed by atoms with Gasteiger partial charge in [0, 0.05) is 31.4 Å². The van der Waals surface area contributed by atoms with E-state index in [0.29, 0.717) is 18.4 Å². The summed E-state index contributed by atoms with van der Waals surface area (Å²) in [4.78, 5) is 26.5. The van der Waals surface area contributed by atoms with Gasteiger partial charge in [-0.1, -0.05) is 20.7 Å². The van der Waals surface area contributed by atoms with Crippen molar-refractivity contribution in [1.82, 2.24) is 10.2 Å². The topological polar surface area (TPSA) is 69.6 Å². The van der Waals surface area contributed by atoms with E-state index >= 15 is 0 Å². The van der Waals surface area contributed by atoms with Gasteiger partial charge in [0.1, 0.15) is 0 Å². The molecule has 2 rings (SSSR count). The third-order valence-electron chi connectivity index (χ3n) is 4.70. The highest BCUT2D eigenvalue weighted by Gasteiger charge is 2.42. The summed E-state index contributed by atoms with van der Waals surface area (Å²) >= 11 is 0. The number of likely N-dealkylation sites (tertiary alicyclic amines) is 1. The van der Waals surface area contributed by atoms with Crippen LogP contribution in [0, 0.1) is 5.92 Å². The minimum Gasteiger partial charge on any atom is -0.449 e. The van der Waals surface area contributed by atoms with Crippen molar-refractivity contribution >= 4 is 18.6 Å². The predicted octanol–water partition coefficient (Wildman–Crippen LogP) is 1.26. The molecule has 2 N–H and O–H groups in total. The highest BCUT2D eigenvalue weighted by atomic mass is 16.2. The number of Topliss-reactive ketones (excluding diaryl/α,β-unsaturated/α-hetero) is 1. The first-order chi connectivity index (χ1) is 10.4. The second-order valence-electron chi connectivity index (χ2n) is 7.28. The number of hydrogen-bond donors (Lipinski definition) is 2. The zero-order valence-corrected chi connectivity index (χ0v) is 14.0. The van der Waals surface area contributed by atoms with E-state index in [9.17, 15) is 14.6 Å². The second kappa shape index (κ2) is 7.60. The molecule has 2 atom stereocenters. The van der Waals surface area contributed by atoms with E-state index in [0.717, 1.165) is 19.4 Å². The highest BCUT2D eigenvalue weighted by Crippen LogP contribution is 2.35. The average Bonchev–Trinajstić information content (AvgIpc) is 3.18. The number of hydrogen-bond acceptors (Lipinski definition) is 4. The summed E-state index contributed by atoms with van der Waals surface area (Å²) in [5, 5.41) is 12.6. The fourth-order valence-corrected chi connectivity index (χ4v) is 3.16. The Morgan fingerprint density at radius 2 is 1.95 bits per heavy atom. The maximum absolute atomic E-state index is 12.2.